The van der Waals surface area contributed by atoms with E-state index in [1.165, 1.54) is 0 Å². The monoisotopic (exact) mass is 211 g/mol. The average molecular weight is 211 g/mol. The number of allylic oxidation sites excluding steroid dienone is 1. The zero-order valence-corrected chi connectivity index (χ0v) is 9.26. The van der Waals surface area contributed by atoms with Gasteiger partial charge in [0, 0.05) is 11.4 Å². The first-order chi connectivity index (χ1) is 6.84. The Morgan fingerprint density at radius 3 is 3.14 bits per heavy atom. The van der Waals surface area contributed by atoms with Crippen molar-refractivity contribution in [2.24, 2.45) is 0 Å². The van der Waals surface area contributed by atoms with Gasteiger partial charge in [0.25, 0.3) is 0 Å². The van der Waals surface area contributed by atoms with Crippen LogP contribution in [0.2, 0.25) is 0 Å². The van der Waals surface area contributed by atoms with Crippen molar-refractivity contribution in [1.29, 1.82) is 0 Å². The molecule has 1 aromatic rings. The molecule has 0 saturated heterocycles. The molecule has 1 unspecified atom stereocenters. The molecule has 1 aromatic heterocycles. The van der Waals surface area contributed by atoms with E-state index >= 15 is 0 Å². The molecular weight excluding hydrogens is 194 g/mol. The summed E-state index contributed by atoms with van der Waals surface area (Å²) in [7, 11) is 0. The van der Waals surface area contributed by atoms with E-state index in [1.807, 2.05) is 30.5 Å². The molecule has 14 heavy (non-hydrogen) atoms. The van der Waals surface area contributed by atoms with Gasteiger partial charge in [0.05, 0.1) is 0 Å². The van der Waals surface area contributed by atoms with Crippen LogP contribution in [0.1, 0.15) is 24.3 Å². The van der Waals surface area contributed by atoms with Crippen LogP contribution in [-0.2, 0) is 0 Å². The molecule has 0 aromatic carbocycles. The molecule has 78 valence electrons. The molecule has 0 aliphatic carbocycles. The van der Waals surface area contributed by atoms with Crippen LogP contribution in [0.4, 0.5) is 0 Å². The molecule has 0 bridgehead atoms. The smallest absolute Gasteiger partial charge is 0.101 e. The van der Waals surface area contributed by atoms with Crippen molar-refractivity contribution in [3.05, 3.63) is 34.5 Å². The fraction of sp³-hybridized carbons (Fsp3) is 0.455. The minimum atomic E-state index is -0.361. The third-order valence-electron chi connectivity index (χ3n) is 1.93. The maximum absolute atomic E-state index is 9.70. The summed E-state index contributed by atoms with van der Waals surface area (Å²) in [6, 6.07) is 3.92. The van der Waals surface area contributed by atoms with Crippen molar-refractivity contribution in [2.75, 3.05) is 13.1 Å². The lowest BCUT2D eigenvalue weighted by Crippen LogP contribution is -2.21. The minimum absolute atomic E-state index is 0.361. The zero-order valence-electron chi connectivity index (χ0n) is 8.44. The molecule has 1 rings (SSSR count). The van der Waals surface area contributed by atoms with E-state index in [1.54, 1.807) is 11.3 Å². The third-order valence-corrected chi connectivity index (χ3v) is 2.91. The molecule has 1 atom stereocenters. The summed E-state index contributed by atoms with van der Waals surface area (Å²) in [4.78, 5) is 1.03. The highest BCUT2D eigenvalue weighted by Gasteiger charge is 2.06. The zero-order chi connectivity index (χ0) is 10.2. The highest BCUT2D eigenvalue weighted by atomic mass is 32.1. The van der Waals surface area contributed by atoms with Gasteiger partial charge in [-0.1, -0.05) is 18.2 Å². The number of aliphatic hydroxyl groups is 1. The number of thiophene rings is 1. The number of hydrogen-bond acceptors (Lipinski definition) is 3. The fourth-order valence-electron chi connectivity index (χ4n) is 1.17. The van der Waals surface area contributed by atoms with Crippen molar-refractivity contribution >= 4 is 11.3 Å². The third kappa shape index (κ3) is 4.05. The van der Waals surface area contributed by atoms with Crippen LogP contribution in [0.15, 0.2) is 29.7 Å². The maximum Gasteiger partial charge on any atom is 0.101 e. The Balaban J connectivity index is 2.13. The van der Waals surface area contributed by atoms with Gasteiger partial charge in [0.2, 0.25) is 0 Å². The van der Waals surface area contributed by atoms with Crippen LogP contribution in [0.25, 0.3) is 0 Å². The molecule has 2 nitrogen and oxygen atoms in total. The molecule has 0 fully saturated rings. The number of rotatable bonds is 6. The normalized spacial score (nSPS) is 13.6. The molecule has 2 N–H and O–H groups in total. The highest BCUT2D eigenvalue weighted by molar-refractivity contribution is 7.10. The summed E-state index contributed by atoms with van der Waals surface area (Å²) in [5.41, 5.74) is 0. The first-order valence-electron chi connectivity index (χ1n) is 4.88. The Morgan fingerprint density at radius 2 is 2.50 bits per heavy atom. The van der Waals surface area contributed by atoms with Gasteiger partial charge in [-0.3, -0.25) is 0 Å². The second-order valence-electron chi connectivity index (χ2n) is 3.09. The van der Waals surface area contributed by atoms with E-state index < -0.39 is 0 Å². The largest absolute Gasteiger partial charge is 0.386 e. The Kier molecular flexibility index (Phi) is 5.52. The standard InChI is InChI=1S/C11H17NOS/c1-2-3-4-7-12-9-10(13)11-6-5-8-14-11/h2-3,5-6,8,10,12-13H,4,7,9H2,1H3/b3-2+. The second-order valence-corrected chi connectivity index (χ2v) is 4.07. The highest BCUT2D eigenvalue weighted by Crippen LogP contribution is 2.17. The van der Waals surface area contributed by atoms with Gasteiger partial charge < -0.3 is 10.4 Å². The van der Waals surface area contributed by atoms with Gasteiger partial charge in [0.15, 0.2) is 0 Å². The lowest BCUT2D eigenvalue weighted by molar-refractivity contribution is 0.179. The topological polar surface area (TPSA) is 32.3 Å². The van der Waals surface area contributed by atoms with E-state index in [4.69, 9.17) is 0 Å². The molecule has 0 spiro atoms. The molecular formula is C11H17NOS. The van der Waals surface area contributed by atoms with Gasteiger partial charge >= 0.3 is 0 Å². The van der Waals surface area contributed by atoms with Crippen LogP contribution in [0.5, 0.6) is 0 Å². The predicted octanol–water partition coefficient (Wildman–Crippen LogP) is 2.34. The van der Waals surface area contributed by atoms with Crippen molar-refractivity contribution in [2.45, 2.75) is 19.4 Å². The van der Waals surface area contributed by atoms with E-state index in [2.05, 4.69) is 11.4 Å². The Bertz CT molecular complexity index is 256. The van der Waals surface area contributed by atoms with E-state index in [9.17, 15) is 5.11 Å². The summed E-state index contributed by atoms with van der Waals surface area (Å²) in [5.74, 6) is 0. The van der Waals surface area contributed by atoms with Gasteiger partial charge in [-0.15, -0.1) is 11.3 Å². The number of nitrogens with one attached hydrogen (secondary N) is 1. The molecule has 0 aliphatic rings. The average Bonchev–Trinajstić information content (AvgIpc) is 2.70. The number of aliphatic hydroxyl groups excluding tert-OH is 1. The van der Waals surface area contributed by atoms with Crippen LogP contribution < -0.4 is 5.32 Å². The molecule has 1 heterocycles. The van der Waals surface area contributed by atoms with E-state index in [0.717, 1.165) is 17.8 Å². The second kappa shape index (κ2) is 6.76. The van der Waals surface area contributed by atoms with Crippen LogP contribution in [-0.4, -0.2) is 18.2 Å². The Hall–Kier alpha value is -0.640. The minimum Gasteiger partial charge on any atom is -0.386 e. The van der Waals surface area contributed by atoms with Gasteiger partial charge in [-0.05, 0) is 31.3 Å². The van der Waals surface area contributed by atoms with Gasteiger partial charge in [-0.2, -0.15) is 0 Å². The van der Waals surface area contributed by atoms with Crippen molar-refractivity contribution < 1.29 is 5.11 Å². The molecule has 0 saturated carbocycles. The van der Waals surface area contributed by atoms with Crippen LogP contribution in [0.3, 0.4) is 0 Å². The van der Waals surface area contributed by atoms with Crippen LogP contribution >= 0.6 is 11.3 Å². The quantitative estimate of drug-likeness (QED) is 0.559. The fourth-order valence-corrected chi connectivity index (χ4v) is 1.88. The summed E-state index contributed by atoms with van der Waals surface area (Å²) >= 11 is 1.60. The summed E-state index contributed by atoms with van der Waals surface area (Å²) in [5, 5.41) is 14.9. The van der Waals surface area contributed by atoms with E-state index in [0.29, 0.717) is 6.54 Å². The lowest BCUT2D eigenvalue weighted by atomic mass is 10.3. The first-order valence-corrected chi connectivity index (χ1v) is 5.76. The SMILES string of the molecule is C/C=C/CCNCC(O)c1cccs1. The van der Waals surface area contributed by atoms with Crippen LogP contribution in [0, 0.1) is 0 Å². The van der Waals surface area contributed by atoms with Gasteiger partial charge in [0.1, 0.15) is 6.10 Å². The van der Waals surface area contributed by atoms with Crippen molar-refractivity contribution in [1.82, 2.24) is 5.32 Å². The lowest BCUT2D eigenvalue weighted by Gasteiger charge is -2.08. The molecule has 3 heteroatoms. The summed E-state index contributed by atoms with van der Waals surface area (Å²) in [6.07, 6.45) is 4.82. The first kappa shape index (κ1) is 11.4. The molecule has 0 aliphatic heterocycles. The molecule has 0 amide bonds. The van der Waals surface area contributed by atoms with E-state index in [-0.39, 0.29) is 6.10 Å². The summed E-state index contributed by atoms with van der Waals surface area (Å²) < 4.78 is 0. The van der Waals surface area contributed by atoms with Crippen molar-refractivity contribution in [3.8, 4) is 0 Å². The number of hydrogen-bond donors (Lipinski definition) is 2. The van der Waals surface area contributed by atoms with Crippen molar-refractivity contribution in [3.63, 3.8) is 0 Å². The van der Waals surface area contributed by atoms with Gasteiger partial charge in [-0.25, -0.2) is 0 Å². The maximum atomic E-state index is 9.70. The molecule has 0 radical (unpaired) electrons. The Morgan fingerprint density at radius 1 is 1.64 bits per heavy atom. The summed E-state index contributed by atoms with van der Waals surface area (Å²) in [6.45, 7) is 3.57. The Labute approximate surface area is 89.3 Å². The predicted molar refractivity (Wildman–Crippen MR) is 61.6 cm³/mol.